The maximum Gasteiger partial charge on any atom is 0.287 e. The van der Waals surface area contributed by atoms with Crippen LogP contribution in [-0.4, -0.2) is 25.4 Å². The van der Waals surface area contributed by atoms with Crippen molar-refractivity contribution in [2.45, 2.75) is 25.8 Å². The molecule has 6 nitrogen and oxygen atoms in total. The lowest BCUT2D eigenvalue weighted by Crippen LogP contribution is -2.20. The van der Waals surface area contributed by atoms with Crippen LogP contribution in [0.15, 0.2) is 66.9 Å². The first-order chi connectivity index (χ1) is 14.4. The fourth-order valence-corrected chi connectivity index (χ4v) is 3.14. The van der Waals surface area contributed by atoms with Crippen LogP contribution in [0.25, 0.3) is 11.0 Å². The van der Waals surface area contributed by atoms with Crippen molar-refractivity contribution in [3.05, 3.63) is 83.9 Å². The number of carbonyl (C=O) groups is 1. The molecule has 3 heterocycles. The molecule has 4 rings (SSSR count). The second-order valence-electron chi connectivity index (χ2n) is 6.90. The number of carbonyl (C=O) groups excluding carboxylic acids is 1. The zero-order valence-corrected chi connectivity index (χ0v) is 16.2. The number of hydrogen-bond donors (Lipinski definition) is 1. The van der Waals surface area contributed by atoms with Gasteiger partial charge in [-0.3, -0.25) is 15.1 Å². The lowest BCUT2D eigenvalue weighted by Gasteiger charge is -2.12. The average molecular weight is 407 g/mol. The Morgan fingerprint density at radius 3 is 2.60 bits per heavy atom. The van der Waals surface area contributed by atoms with Crippen molar-refractivity contribution in [2.24, 2.45) is 0 Å². The smallest absolute Gasteiger partial charge is 0.287 e. The van der Waals surface area contributed by atoms with Gasteiger partial charge in [0, 0.05) is 31.8 Å². The van der Waals surface area contributed by atoms with Crippen LogP contribution in [0.5, 0.6) is 0 Å². The summed E-state index contributed by atoms with van der Waals surface area (Å²) in [4.78, 5) is 25.3. The molecule has 0 saturated carbocycles. The highest BCUT2D eigenvalue weighted by molar-refractivity contribution is 6.02. The third kappa shape index (κ3) is 4.17. The second-order valence-corrected chi connectivity index (χ2v) is 6.90. The van der Waals surface area contributed by atoms with Gasteiger partial charge >= 0.3 is 0 Å². The molecule has 4 aromatic rings. The molecule has 0 aliphatic heterocycles. The number of anilines is 1. The maximum atomic E-state index is 13.6. The van der Waals surface area contributed by atoms with Gasteiger partial charge in [0.1, 0.15) is 11.4 Å². The Morgan fingerprint density at radius 1 is 1.03 bits per heavy atom. The molecule has 0 bridgehead atoms. The Morgan fingerprint density at radius 2 is 1.83 bits per heavy atom. The Labute approximate surface area is 171 Å². The van der Waals surface area contributed by atoms with Gasteiger partial charge in [0.25, 0.3) is 11.8 Å². The Hall–Kier alpha value is -3.68. The summed E-state index contributed by atoms with van der Waals surface area (Å²) in [6.45, 7) is 1.28. The number of fused-ring (bicyclic) bond motifs is 1. The van der Waals surface area contributed by atoms with E-state index in [0.29, 0.717) is 18.9 Å². The summed E-state index contributed by atoms with van der Waals surface area (Å²) in [5, 5.41) is 2.72. The monoisotopic (exact) mass is 407 g/mol. The van der Waals surface area contributed by atoms with Gasteiger partial charge in [-0.15, -0.1) is 0 Å². The molecular formula is C22H19F2N5O. The van der Waals surface area contributed by atoms with Gasteiger partial charge in [-0.1, -0.05) is 24.3 Å². The fourth-order valence-electron chi connectivity index (χ4n) is 3.14. The Kier molecular flexibility index (Phi) is 5.22. The quantitative estimate of drug-likeness (QED) is 0.513. The Balaban J connectivity index is 1.63. The van der Waals surface area contributed by atoms with Crippen LogP contribution in [0.2, 0.25) is 0 Å². The van der Waals surface area contributed by atoms with Crippen LogP contribution in [0, 0.1) is 0 Å². The minimum Gasteiger partial charge on any atom is -0.310 e. The molecule has 3 aromatic heterocycles. The number of amides is 1. The van der Waals surface area contributed by atoms with Gasteiger partial charge in [0.15, 0.2) is 0 Å². The number of alkyl halides is 2. The largest absolute Gasteiger partial charge is 0.310 e. The van der Waals surface area contributed by atoms with Crippen LogP contribution in [0.4, 0.5) is 14.7 Å². The molecule has 8 heteroatoms. The highest BCUT2D eigenvalue weighted by Crippen LogP contribution is 2.25. The van der Waals surface area contributed by atoms with E-state index in [9.17, 15) is 13.6 Å². The molecule has 0 unspecified atom stereocenters. The number of nitrogens with one attached hydrogen (secondary N) is 1. The van der Waals surface area contributed by atoms with E-state index in [-0.39, 0.29) is 5.69 Å². The molecule has 1 aromatic carbocycles. The number of pyridine rings is 2. The molecule has 1 N–H and O–H groups in total. The molecule has 152 valence electrons. The highest BCUT2D eigenvalue weighted by atomic mass is 19.3. The normalized spacial score (nSPS) is 11.6. The summed E-state index contributed by atoms with van der Waals surface area (Å²) >= 11 is 0. The minimum atomic E-state index is -3.13. The van der Waals surface area contributed by atoms with E-state index in [1.165, 1.54) is 18.2 Å². The van der Waals surface area contributed by atoms with Crippen LogP contribution >= 0.6 is 0 Å². The average Bonchev–Trinajstić information content (AvgIpc) is 3.09. The summed E-state index contributed by atoms with van der Waals surface area (Å²) in [5.74, 6) is -3.41. The van der Waals surface area contributed by atoms with Crippen molar-refractivity contribution in [2.75, 3.05) is 5.32 Å². The van der Waals surface area contributed by atoms with Crippen molar-refractivity contribution in [1.29, 1.82) is 0 Å². The SMILES string of the molecule is CC(F)(F)c1cccc(C(=O)Nc2nc3ccccc3n2CCc2ccccn2)n1. The van der Waals surface area contributed by atoms with Crippen molar-refractivity contribution >= 4 is 22.9 Å². The van der Waals surface area contributed by atoms with Crippen LogP contribution in [0.1, 0.15) is 28.8 Å². The molecule has 1 amide bonds. The topological polar surface area (TPSA) is 72.7 Å². The number of aromatic nitrogens is 4. The van der Waals surface area contributed by atoms with Crippen LogP contribution < -0.4 is 5.32 Å². The molecule has 0 aliphatic carbocycles. The van der Waals surface area contributed by atoms with E-state index in [1.807, 2.05) is 47.0 Å². The van der Waals surface area contributed by atoms with E-state index in [0.717, 1.165) is 23.7 Å². The molecular weight excluding hydrogens is 388 g/mol. The third-order valence-electron chi connectivity index (χ3n) is 4.63. The standard InChI is InChI=1S/C22H19F2N5O/c1-22(23,24)19-11-6-9-17(26-19)20(30)28-21-27-16-8-2-3-10-18(16)29(21)14-12-15-7-4-5-13-25-15/h2-11,13H,12,14H2,1H3,(H,27,28,30). The van der Waals surface area contributed by atoms with E-state index >= 15 is 0 Å². The van der Waals surface area contributed by atoms with Crippen molar-refractivity contribution in [1.82, 2.24) is 19.5 Å². The van der Waals surface area contributed by atoms with Crippen molar-refractivity contribution in [3.63, 3.8) is 0 Å². The summed E-state index contributed by atoms with van der Waals surface area (Å²) < 4.78 is 29.0. The van der Waals surface area contributed by atoms with E-state index in [1.54, 1.807) is 6.20 Å². The number of aryl methyl sites for hydroxylation is 2. The Bertz CT molecular complexity index is 1190. The predicted octanol–water partition coefficient (Wildman–Crippen LogP) is 4.43. The number of rotatable bonds is 6. The van der Waals surface area contributed by atoms with Gasteiger partial charge in [-0.25, -0.2) is 9.97 Å². The summed E-state index contributed by atoms with van der Waals surface area (Å²) in [6, 6.07) is 17.2. The molecule has 0 fully saturated rings. The number of imidazole rings is 1. The highest BCUT2D eigenvalue weighted by Gasteiger charge is 2.27. The predicted molar refractivity (Wildman–Crippen MR) is 109 cm³/mol. The van der Waals surface area contributed by atoms with E-state index in [2.05, 4.69) is 20.3 Å². The van der Waals surface area contributed by atoms with Crippen LogP contribution in [-0.2, 0) is 18.9 Å². The maximum absolute atomic E-state index is 13.6. The van der Waals surface area contributed by atoms with Gasteiger partial charge in [0.05, 0.1) is 11.0 Å². The first-order valence-corrected chi connectivity index (χ1v) is 9.44. The minimum absolute atomic E-state index is 0.0997. The number of para-hydroxylation sites is 2. The van der Waals surface area contributed by atoms with Gasteiger partial charge in [-0.2, -0.15) is 8.78 Å². The lowest BCUT2D eigenvalue weighted by atomic mass is 10.2. The number of nitrogens with zero attached hydrogens (tertiary/aromatic N) is 4. The van der Waals surface area contributed by atoms with Crippen LogP contribution in [0.3, 0.4) is 0 Å². The van der Waals surface area contributed by atoms with Gasteiger partial charge < -0.3 is 4.57 Å². The number of benzene rings is 1. The number of halogens is 2. The first-order valence-electron chi connectivity index (χ1n) is 9.44. The summed E-state index contributed by atoms with van der Waals surface area (Å²) in [7, 11) is 0. The number of hydrogen-bond acceptors (Lipinski definition) is 4. The first kappa shape index (κ1) is 19.6. The summed E-state index contributed by atoms with van der Waals surface area (Å²) in [5.41, 5.74) is 1.92. The molecule has 0 atom stereocenters. The van der Waals surface area contributed by atoms with E-state index < -0.39 is 17.5 Å². The third-order valence-corrected chi connectivity index (χ3v) is 4.63. The van der Waals surface area contributed by atoms with Gasteiger partial charge in [-0.05, 0) is 36.4 Å². The molecule has 0 aliphatic rings. The van der Waals surface area contributed by atoms with Crippen molar-refractivity contribution < 1.29 is 13.6 Å². The van der Waals surface area contributed by atoms with Gasteiger partial charge in [0.2, 0.25) is 5.95 Å². The fraction of sp³-hybridized carbons (Fsp3) is 0.182. The van der Waals surface area contributed by atoms with Crippen molar-refractivity contribution in [3.8, 4) is 0 Å². The summed E-state index contributed by atoms with van der Waals surface area (Å²) in [6.07, 6.45) is 2.37. The zero-order chi connectivity index (χ0) is 21.1. The lowest BCUT2D eigenvalue weighted by molar-refractivity contribution is 0.0126. The second kappa shape index (κ2) is 7.98. The molecule has 0 spiro atoms. The molecule has 0 saturated heterocycles. The molecule has 30 heavy (non-hydrogen) atoms. The van der Waals surface area contributed by atoms with E-state index in [4.69, 9.17) is 0 Å². The molecule has 0 radical (unpaired) electrons. The zero-order valence-electron chi connectivity index (χ0n) is 16.2.